The molecule has 0 radical (unpaired) electrons. The van der Waals surface area contributed by atoms with Crippen LogP contribution in [0.15, 0.2) is 55.1 Å². The van der Waals surface area contributed by atoms with Crippen LogP contribution in [0.1, 0.15) is 36.0 Å². The van der Waals surface area contributed by atoms with Crippen LogP contribution in [0.25, 0.3) is 0 Å². The van der Waals surface area contributed by atoms with Crippen molar-refractivity contribution in [1.82, 2.24) is 4.90 Å². The van der Waals surface area contributed by atoms with Gasteiger partial charge >= 0.3 is 0 Å². The van der Waals surface area contributed by atoms with Gasteiger partial charge in [-0.25, -0.2) is 0 Å². The van der Waals surface area contributed by atoms with E-state index in [1.54, 1.807) is 0 Å². The molecule has 5 aliphatic rings. The number of rotatable bonds is 6. The minimum absolute atomic E-state index is 0.260. The lowest BCUT2D eigenvalue weighted by Crippen LogP contribution is -2.79. The van der Waals surface area contributed by atoms with Gasteiger partial charge in [0, 0.05) is 18.0 Å². The predicted octanol–water partition coefficient (Wildman–Crippen LogP) is 4.00. The molecule has 2 bridgehead atoms. The third kappa shape index (κ3) is 2.80. The maximum atomic E-state index is 6.98. The molecule has 2 saturated heterocycles. The van der Waals surface area contributed by atoms with E-state index in [0.29, 0.717) is 26.4 Å². The van der Waals surface area contributed by atoms with Crippen LogP contribution in [0, 0.1) is 0 Å². The van der Waals surface area contributed by atoms with E-state index in [-0.39, 0.29) is 17.6 Å². The Morgan fingerprint density at radius 3 is 2.71 bits per heavy atom. The van der Waals surface area contributed by atoms with Crippen molar-refractivity contribution in [3.05, 3.63) is 71.8 Å². The Labute approximate surface area is 206 Å². The fraction of sp³-hybridized carbons (Fsp3) is 0.517. The third-order valence-electron chi connectivity index (χ3n) is 9.15. The number of hydrogen-bond acceptors (Lipinski definition) is 6. The van der Waals surface area contributed by atoms with Crippen LogP contribution in [0.4, 0.5) is 0 Å². The SMILES string of the molecule is C=CCO[C@@]12CCC3(OCCO3)[C@@H]3Oc4c(OCc5ccccc5)ccc5c4[C@@]31CCN(C)[C@H]2C5. The van der Waals surface area contributed by atoms with Crippen LogP contribution < -0.4 is 9.47 Å². The zero-order chi connectivity index (χ0) is 23.7. The molecule has 2 aliphatic carbocycles. The molecular weight excluding hydrogens is 442 g/mol. The predicted molar refractivity (Wildman–Crippen MR) is 131 cm³/mol. The van der Waals surface area contributed by atoms with Crippen molar-refractivity contribution in [3.63, 3.8) is 0 Å². The largest absolute Gasteiger partial charge is 0.485 e. The number of fused-ring (bicyclic) bond motifs is 1. The zero-order valence-corrected chi connectivity index (χ0v) is 20.3. The quantitative estimate of drug-likeness (QED) is 0.589. The molecule has 3 heterocycles. The summed E-state index contributed by atoms with van der Waals surface area (Å²) in [6.45, 7) is 7.15. The topological polar surface area (TPSA) is 49.4 Å². The molecule has 0 aromatic heterocycles. The summed E-state index contributed by atoms with van der Waals surface area (Å²) in [5.74, 6) is 0.907. The highest BCUT2D eigenvalue weighted by atomic mass is 16.8. The highest BCUT2D eigenvalue weighted by Gasteiger charge is 2.78. The minimum Gasteiger partial charge on any atom is -0.485 e. The van der Waals surface area contributed by atoms with Crippen LogP contribution in [-0.2, 0) is 32.7 Å². The maximum Gasteiger partial charge on any atom is 0.207 e. The number of piperidine rings is 1. The molecule has 2 aromatic carbocycles. The maximum absolute atomic E-state index is 6.98. The second-order valence-electron chi connectivity index (χ2n) is 10.6. The van der Waals surface area contributed by atoms with Crippen molar-refractivity contribution in [1.29, 1.82) is 0 Å². The lowest BCUT2D eigenvalue weighted by atomic mass is 9.48. The van der Waals surface area contributed by atoms with Crippen LogP contribution in [-0.4, -0.2) is 61.8 Å². The van der Waals surface area contributed by atoms with Crippen molar-refractivity contribution in [2.24, 2.45) is 0 Å². The van der Waals surface area contributed by atoms with Crippen LogP contribution in [0.5, 0.6) is 11.5 Å². The summed E-state index contributed by atoms with van der Waals surface area (Å²) in [6.07, 6.45) is 5.07. The standard InChI is InChI=1S/C29H33NO5/c1-3-15-32-28-11-12-29(33-16-17-34-29)26-27(28)13-14-30(2)23(28)18-21-9-10-22(25(35-26)24(21)27)31-19-20-7-5-4-6-8-20/h3-10,23,26H,1,11-19H2,2H3/t23-,26+,27-,28+/m0/s1. The highest BCUT2D eigenvalue weighted by Crippen LogP contribution is 2.69. The number of nitrogens with zero attached hydrogens (tertiary/aromatic N) is 1. The van der Waals surface area contributed by atoms with Crippen molar-refractivity contribution in [2.45, 2.75) is 61.2 Å². The van der Waals surface area contributed by atoms with Gasteiger partial charge in [-0.2, -0.15) is 0 Å². The van der Waals surface area contributed by atoms with Crippen LogP contribution in [0.3, 0.4) is 0 Å². The first-order valence-electron chi connectivity index (χ1n) is 12.9. The molecule has 2 aromatic rings. The first-order valence-corrected chi connectivity index (χ1v) is 12.9. The molecule has 6 heteroatoms. The summed E-state index contributed by atoms with van der Waals surface area (Å²) in [4.78, 5) is 2.49. The van der Waals surface area contributed by atoms with Gasteiger partial charge in [-0.1, -0.05) is 42.5 Å². The van der Waals surface area contributed by atoms with Crippen molar-refractivity contribution < 1.29 is 23.7 Å². The molecule has 7 rings (SSSR count). The Hall–Kier alpha value is -2.38. The molecule has 0 unspecified atom stereocenters. The molecule has 35 heavy (non-hydrogen) atoms. The van der Waals surface area contributed by atoms with E-state index in [1.165, 1.54) is 11.1 Å². The summed E-state index contributed by atoms with van der Waals surface area (Å²) < 4.78 is 33.1. The molecule has 6 nitrogen and oxygen atoms in total. The molecule has 0 N–H and O–H groups in total. The monoisotopic (exact) mass is 475 g/mol. The Morgan fingerprint density at radius 1 is 1.09 bits per heavy atom. The Kier molecular flexibility index (Phi) is 4.88. The Balaban J connectivity index is 1.39. The third-order valence-corrected chi connectivity index (χ3v) is 9.15. The van der Waals surface area contributed by atoms with E-state index >= 15 is 0 Å². The molecule has 3 fully saturated rings. The number of ether oxygens (including phenoxy) is 5. The fourth-order valence-electron chi connectivity index (χ4n) is 7.79. The van der Waals surface area contributed by atoms with E-state index in [1.807, 2.05) is 24.3 Å². The van der Waals surface area contributed by atoms with Gasteiger partial charge in [-0.05, 0) is 50.0 Å². The molecular formula is C29H33NO5. The lowest BCUT2D eigenvalue weighted by molar-refractivity contribution is -0.303. The average Bonchev–Trinajstić information content (AvgIpc) is 3.50. The summed E-state index contributed by atoms with van der Waals surface area (Å²) in [5, 5.41) is 0. The smallest absolute Gasteiger partial charge is 0.207 e. The van der Waals surface area contributed by atoms with E-state index in [2.05, 4.69) is 42.8 Å². The molecule has 0 amide bonds. The first kappa shape index (κ1) is 21.9. The summed E-state index contributed by atoms with van der Waals surface area (Å²) in [5.41, 5.74) is 2.98. The van der Waals surface area contributed by atoms with E-state index in [0.717, 1.165) is 49.3 Å². The highest BCUT2D eigenvalue weighted by molar-refractivity contribution is 5.63. The molecule has 4 atom stereocenters. The molecule has 2 spiro atoms. The lowest BCUT2D eigenvalue weighted by Gasteiger charge is -2.66. The second-order valence-corrected chi connectivity index (χ2v) is 10.6. The summed E-state index contributed by atoms with van der Waals surface area (Å²) in [7, 11) is 2.23. The van der Waals surface area contributed by atoms with Crippen molar-refractivity contribution >= 4 is 0 Å². The van der Waals surface area contributed by atoms with Gasteiger partial charge < -0.3 is 28.6 Å². The van der Waals surface area contributed by atoms with Crippen LogP contribution >= 0.6 is 0 Å². The van der Waals surface area contributed by atoms with Gasteiger partial charge in [0.25, 0.3) is 0 Å². The Morgan fingerprint density at radius 2 is 1.91 bits per heavy atom. The van der Waals surface area contributed by atoms with Crippen molar-refractivity contribution in [2.75, 3.05) is 33.4 Å². The number of likely N-dealkylation sites (N-methyl/N-ethyl adjacent to an activating group) is 1. The van der Waals surface area contributed by atoms with Gasteiger partial charge in [0.05, 0.1) is 30.8 Å². The number of benzene rings is 2. The van der Waals surface area contributed by atoms with Gasteiger partial charge in [0.15, 0.2) is 17.6 Å². The number of hydrogen-bond donors (Lipinski definition) is 0. The minimum atomic E-state index is -0.744. The number of likely N-dealkylation sites (tertiary alicyclic amines) is 1. The summed E-state index contributed by atoms with van der Waals surface area (Å²) in [6, 6.07) is 14.9. The Bertz CT molecular complexity index is 1150. The first-order chi connectivity index (χ1) is 17.1. The zero-order valence-electron chi connectivity index (χ0n) is 20.3. The summed E-state index contributed by atoms with van der Waals surface area (Å²) >= 11 is 0. The van der Waals surface area contributed by atoms with Gasteiger partial charge in [0.1, 0.15) is 6.61 Å². The van der Waals surface area contributed by atoms with Crippen molar-refractivity contribution in [3.8, 4) is 11.5 Å². The van der Waals surface area contributed by atoms with Gasteiger partial charge in [0.2, 0.25) is 5.79 Å². The van der Waals surface area contributed by atoms with E-state index in [4.69, 9.17) is 23.7 Å². The van der Waals surface area contributed by atoms with E-state index in [9.17, 15) is 0 Å². The van der Waals surface area contributed by atoms with Crippen LogP contribution in [0.2, 0.25) is 0 Å². The normalized spacial score (nSPS) is 33.9. The second kappa shape index (κ2) is 7.81. The molecule has 3 aliphatic heterocycles. The van der Waals surface area contributed by atoms with Gasteiger partial charge in [-0.3, -0.25) is 0 Å². The van der Waals surface area contributed by atoms with Gasteiger partial charge in [-0.15, -0.1) is 6.58 Å². The van der Waals surface area contributed by atoms with E-state index < -0.39 is 11.4 Å². The molecule has 184 valence electrons. The fourth-order valence-corrected chi connectivity index (χ4v) is 7.79. The molecule has 1 saturated carbocycles. The average molecular weight is 476 g/mol.